The SMILES string of the molecule is CC(NCC(O)Cn1cccn1)C(=O)N1CCCC1. The molecule has 0 aliphatic carbocycles. The molecule has 2 atom stereocenters. The molecule has 1 saturated heterocycles. The predicted molar refractivity (Wildman–Crippen MR) is 71.5 cm³/mol. The lowest BCUT2D eigenvalue weighted by Crippen LogP contribution is -2.46. The van der Waals surface area contributed by atoms with Gasteiger partial charge in [-0.15, -0.1) is 0 Å². The average Bonchev–Trinajstić information content (AvgIpc) is 3.07. The Labute approximate surface area is 113 Å². The van der Waals surface area contributed by atoms with Crippen LogP contribution in [0.15, 0.2) is 18.5 Å². The lowest BCUT2D eigenvalue weighted by atomic mass is 10.2. The van der Waals surface area contributed by atoms with Crippen molar-refractivity contribution in [1.82, 2.24) is 20.0 Å². The van der Waals surface area contributed by atoms with Crippen LogP contribution in [0.4, 0.5) is 0 Å². The number of aliphatic hydroxyl groups is 1. The summed E-state index contributed by atoms with van der Waals surface area (Å²) in [5.41, 5.74) is 0. The highest BCUT2D eigenvalue weighted by Gasteiger charge is 2.23. The van der Waals surface area contributed by atoms with Crippen molar-refractivity contribution in [2.24, 2.45) is 0 Å². The molecule has 1 amide bonds. The van der Waals surface area contributed by atoms with Gasteiger partial charge in [-0.25, -0.2) is 0 Å². The van der Waals surface area contributed by atoms with E-state index in [1.807, 2.05) is 24.1 Å². The Bertz CT molecular complexity index is 387. The highest BCUT2D eigenvalue weighted by atomic mass is 16.3. The minimum absolute atomic E-state index is 0.129. The van der Waals surface area contributed by atoms with Crippen LogP contribution in [-0.4, -0.2) is 57.5 Å². The summed E-state index contributed by atoms with van der Waals surface area (Å²) in [6.45, 7) is 4.40. The van der Waals surface area contributed by atoms with Gasteiger partial charge in [0, 0.05) is 32.0 Å². The molecule has 2 unspecified atom stereocenters. The smallest absolute Gasteiger partial charge is 0.239 e. The van der Waals surface area contributed by atoms with Crippen LogP contribution >= 0.6 is 0 Å². The predicted octanol–water partition coefficient (Wildman–Crippen LogP) is -0.156. The number of amides is 1. The quantitative estimate of drug-likeness (QED) is 0.751. The zero-order valence-electron chi connectivity index (χ0n) is 11.3. The summed E-state index contributed by atoms with van der Waals surface area (Å²) in [5, 5.41) is 17.0. The first-order valence-corrected chi connectivity index (χ1v) is 6.84. The molecule has 0 spiro atoms. The van der Waals surface area contributed by atoms with E-state index in [0.717, 1.165) is 25.9 Å². The molecule has 0 aromatic carbocycles. The second kappa shape index (κ2) is 6.68. The van der Waals surface area contributed by atoms with E-state index in [2.05, 4.69) is 10.4 Å². The Kier molecular flexibility index (Phi) is 4.93. The van der Waals surface area contributed by atoms with Gasteiger partial charge in [0.05, 0.1) is 18.7 Å². The zero-order valence-corrected chi connectivity index (χ0v) is 11.3. The third-order valence-corrected chi connectivity index (χ3v) is 3.40. The van der Waals surface area contributed by atoms with Crippen LogP contribution in [0.2, 0.25) is 0 Å². The number of carbonyl (C=O) groups is 1. The number of nitrogens with zero attached hydrogens (tertiary/aromatic N) is 3. The molecule has 106 valence electrons. The van der Waals surface area contributed by atoms with Crippen molar-refractivity contribution in [1.29, 1.82) is 0 Å². The van der Waals surface area contributed by atoms with Crippen LogP contribution in [0.5, 0.6) is 0 Å². The van der Waals surface area contributed by atoms with Crippen LogP contribution in [-0.2, 0) is 11.3 Å². The molecule has 6 heteroatoms. The molecule has 2 N–H and O–H groups in total. The van der Waals surface area contributed by atoms with Gasteiger partial charge in [0.15, 0.2) is 0 Å². The molecule has 2 heterocycles. The Hall–Kier alpha value is -1.40. The number of likely N-dealkylation sites (tertiary alicyclic amines) is 1. The van der Waals surface area contributed by atoms with Gasteiger partial charge in [-0.05, 0) is 25.8 Å². The van der Waals surface area contributed by atoms with Crippen LogP contribution in [0.1, 0.15) is 19.8 Å². The van der Waals surface area contributed by atoms with Crippen LogP contribution in [0.3, 0.4) is 0 Å². The van der Waals surface area contributed by atoms with E-state index in [4.69, 9.17) is 0 Å². The number of hydrogen-bond acceptors (Lipinski definition) is 4. The maximum atomic E-state index is 12.0. The van der Waals surface area contributed by atoms with E-state index in [1.165, 1.54) is 0 Å². The lowest BCUT2D eigenvalue weighted by Gasteiger charge is -2.22. The van der Waals surface area contributed by atoms with Gasteiger partial charge in [-0.2, -0.15) is 5.10 Å². The third kappa shape index (κ3) is 4.04. The summed E-state index contributed by atoms with van der Waals surface area (Å²) in [6, 6.07) is 1.57. The monoisotopic (exact) mass is 266 g/mol. The Morgan fingerprint density at radius 2 is 2.21 bits per heavy atom. The summed E-state index contributed by atoms with van der Waals surface area (Å²) in [5.74, 6) is 0.129. The second-order valence-corrected chi connectivity index (χ2v) is 5.04. The maximum absolute atomic E-state index is 12.0. The second-order valence-electron chi connectivity index (χ2n) is 5.04. The van der Waals surface area contributed by atoms with Gasteiger partial charge in [0.1, 0.15) is 0 Å². The molecule has 2 rings (SSSR count). The molecule has 0 saturated carbocycles. The van der Waals surface area contributed by atoms with Crippen molar-refractivity contribution in [3.05, 3.63) is 18.5 Å². The lowest BCUT2D eigenvalue weighted by molar-refractivity contribution is -0.132. The minimum Gasteiger partial charge on any atom is -0.390 e. The Balaban J connectivity index is 1.70. The fraction of sp³-hybridized carbons (Fsp3) is 0.692. The molecule has 6 nitrogen and oxygen atoms in total. The van der Waals surface area contributed by atoms with E-state index in [0.29, 0.717) is 13.1 Å². The number of aromatic nitrogens is 2. The Morgan fingerprint density at radius 1 is 1.47 bits per heavy atom. The summed E-state index contributed by atoms with van der Waals surface area (Å²) in [6.07, 6.45) is 5.14. The topological polar surface area (TPSA) is 70.4 Å². The van der Waals surface area contributed by atoms with E-state index in [-0.39, 0.29) is 11.9 Å². The summed E-state index contributed by atoms with van der Waals surface area (Å²) < 4.78 is 1.68. The molecule has 1 aliphatic heterocycles. The first kappa shape index (κ1) is 14.0. The summed E-state index contributed by atoms with van der Waals surface area (Å²) in [7, 11) is 0. The average molecular weight is 266 g/mol. The van der Waals surface area contributed by atoms with Crippen molar-refractivity contribution in [2.45, 2.75) is 38.5 Å². The number of aliphatic hydroxyl groups excluding tert-OH is 1. The van der Waals surface area contributed by atoms with Gasteiger partial charge < -0.3 is 15.3 Å². The van der Waals surface area contributed by atoms with Crippen molar-refractivity contribution >= 4 is 5.91 Å². The number of rotatable bonds is 6. The van der Waals surface area contributed by atoms with Crippen LogP contribution < -0.4 is 5.32 Å². The third-order valence-electron chi connectivity index (χ3n) is 3.40. The molecule has 19 heavy (non-hydrogen) atoms. The Morgan fingerprint density at radius 3 is 2.84 bits per heavy atom. The molecule has 1 fully saturated rings. The fourth-order valence-electron chi connectivity index (χ4n) is 2.30. The molecule has 0 bridgehead atoms. The highest BCUT2D eigenvalue weighted by Crippen LogP contribution is 2.08. The number of carbonyl (C=O) groups excluding carboxylic acids is 1. The summed E-state index contributed by atoms with van der Waals surface area (Å²) in [4.78, 5) is 13.9. The first-order valence-electron chi connectivity index (χ1n) is 6.84. The van der Waals surface area contributed by atoms with Crippen molar-refractivity contribution in [3.63, 3.8) is 0 Å². The van der Waals surface area contributed by atoms with Crippen molar-refractivity contribution in [3.8, 4) is 0 Å². The van der Waals surface area contributed by atoms with Gasteiger partial charge in [-0.1, -0.05) is 0 Å². The van der Waals surface area contributed by atoms with E-state index in [1.54, 1.807) is 10.9 Å². The van der Waals surface area contributed by atoms with E-state index >= 15 is 0 Å². The van der Waals surface area contributed by atoms with Crippen LogP contribution in [0, 0.1) is 0 Å². The normalized spacial score (nSPS) is 18.5. The van der Waals surface area contributed by atoms with E-state index in [9.17, 15) is 9.90 Å². The molecule has 1 aromatic heterocycles. The maximum Gasteiger partial charge on any atom is 0.239 e. The van der Waals surface area contributed by atoms with Crippen LogP contribution in [0.25, 0.3) is 0 Å². The van der Waals surface area contributed by atoms with E-state index < -0.39 is 6.10 Å². The van der Waals surface area contributed by atoms with Gasteiger partial charge in [-0.3, -0.25) is 9.48 Å². The standard InChI is InChI=1S/C13H22N4O2/c1-11(13(19)16-6-2-3-7-16)14-9-12(18)10-17-8-4-5-15-17/h4-5,8,11-12,14,18H,2-3,6-7,9-10H2,1H3. The number of nitrogens with one attached hydrogen (secondary N) is 1. The van der Waals surface area contributed by atoms with Gasteiger partial charge in [0.2, 0.25) is 5.91 Å². The number of hydrogen-bond donors (Lipinski definition) is 2. The summed E-state index contributed by atoms with van der Waals surface area (Å²) >= 11 is 0. The fourth-order valence-corrected chi connectivity index (χ4v) is 2.30. The molecular formula is C13H22N4O2. The largest absolute Gasteiger partial charge is 0.390 e. The first-order chi connectivity index (χ1) is 9.16. The van der Waals surface area contributed by atoms with Gasteiger partial charge >= 0.3 is 0 Å². The molecular weight excluding hydrogens is 244 g/mol. The molecule has 0 radical (unpaired) electrons. The highest BCUT2D eigenvalue weighted by molar-refractivity contribution is 5.81. The zero-order chi connectivity index (χ0) is 13.7. The van der Waals surface area contributed by atoms with Gasteiger partial charge in [0.25, 0.3) is 0 Å². The minimum atomic E-state index is -0.547. The van der Waals surface area contributed by atoms with Crippen molar-refractivity contribution in [2.75, 3.05) is 19.6 Å². The van der Waals surface area contributed by atoms with Crippen molar-refractivity contribution < 1.29 is 9.90 Å². The molecule has 1 aromatic rings. The molecule has 1 aliphatic rings.